The predicted octanol–water partition coefficient (Wildman–Crippen LogP) is 2.16. The number of rotatable bonds is 6. The van der Waals surface area contributed by atoms with E-state index in [4.69, 9.17) is 16.5 Å². The van der Waals surface area contributed by atoms with Crippen LogP contribution in [0.4, 0.5) is 5.82 Å². The molecule has 0 radical (unpaired) electrons. The van der Waals surface area contributed by atoms with Crippen molar-refractivity contribution in [3.8, 4) is 17.5 Å². The topological polar surface area (TPSA) is 181 Å². The lowest BCUT2D eigenvalue weighted by atomic mass is 10.1. The molecule has 13 nitrogen and oxygen atoms in total. The average molecular weight is 601 g/mol. The zero-order valence-electron chi connectivity index (χ0n) is 24.6. The first kappa shape index (κ1) is 29.0. The molecule has 224 valence electrons. The first-order chi connectivity index (χ1) is 21.7. The van der Waals surface area contributed by atoms with Gasteiger partial charge in [-0.2, -0.15) is 5.10 Å². The molecule has 0 bridgehead atoms. The van der Waals surface area contributed by atoms with E-state index in [0.717, 1.165) is 0 Å². The van der Waals surface area contributed by atoms with E-state index in [0.29, 0.717) is 28.0 Å². The number of amides is 1. The smallest absolute Gasteiger partial charge is 0.267 e. The Morgan fingerprint density at radius 1 is 1.00 bits per heavy atom. The second kappa shape index (κ2) is 11.5. The number of aromatic nitrogens is 7. The highest BCUT2D eigenvalue weighted by molar-refractivity contribution is 6.04. The van der Waals surface area contributed by atoms with Gasteiger partial charge in [0.15, 0.2) is 17.2 Å². The van der Waals surface area contributed by atoms with Gasteiger partial charge in [-0.1, -0.05) is 36.1 Å². The summed E-state index contributed by atoms with van der Waals surface area (Å²) in [5.41, 5.74) is 13.9. The number of nitrogens with one attached hydrogen (secondary N) is 1. The summed E-state index contributed by atoms with van der Waals surface area (Å²) in [4.78, 5) is 49.6. The summed E-state index contributed by atoms with van der Waals surface area (Å²) >= 11 is 0. The van der Waals surface area contributed by atoms with Crippen molar-refractivity contribution in [2.24, 2.45) is 12.8 Å². The molecule has 2 unspecified atom stereocenters. The van der Waals surface area contributed by atoms with Gasteiger partial charge in [0.05, 0.1) is 40.4 Å². The highest BCUT2D eigenvalue weighted by atomic mass is 16.2. The zero-order chi connectivity index (χ0) is 31.8. The third-order valence-corrected chi connectivity index (χ3v) is 7.24. The van der Waals surface area contributed by atoms with Gasteiger partial charge in [0, 0.05) is 25.0 Å². The van der Waals surface area contributed by atoms with Crippen molar-refractivity contribution < 1.29 is 9.59 Å². The van der Waals surface area contributed by atoms with Crippen LogP contribution in [0.15, 0.2) is 78.0 Å². The Morgan fingerprint density at radius 2 is 1.76 bits per heavy atom. The highest BCUT2D eigenvalue weighted by Gasteiger charge is 2.25. The molecule has 13 heteroatoms. The molecule has 6 rings (SSSR count). The third kappa shape index (κ3) is 5.19. The SMILES string of the molecule is CC(N)C(=O)c1c(C#Cc2cccc3nc(C(C)NC(=O)c4c(N)nn5cccnc45)n(-c4ccccc4)c(=O)c23)cnn1C. The van der Waals surface area contributed by atoms with Crippen LogP contribution >= 0.6 is 0 Å². The molecule has 0 fully saturated rings. The minimum Gasteiger partial charge on any atom is -0.381 e. The zero-order valence-corrected chi connectivity index (χ0v) is 24.6. The van der Waals surface area contributed by atoms with Gasteiger partial charge in [-0.3, -0.25) is 23.6 Å². The maximum atomic E-state index is 14.3. The van der Waals surface area contributed by atoms with Gasteiger partial charge in [-0.25, -0.2) is 14.5 Å². The number of carbonyl (C=O) groups is 2. The maximum Gasteiger partial charge on any atom is 0.267 e. The molecule has 1 amide bonds. The van der Waals surface area contributed by atoms with Gasteiger partial charge >= 0.3 is 0 Å². The van der Waals surface area contributed by atoms with Crippen LogP contribution < -0.4 is 22.3 Å². The second-order valence-corrected chi connectivity index (χ2v) is 10.4. The molecule has 45 heavy (non-hydrogen) atoms. The third-order valence-electron chi connectivity index (χ3n) is 7.24. The quantitative estimate of drug-likeness (QED) is 0.191. The van der Waals surface area contributed by atoms with E-state index in [2.05, 4.69) is 32.3 Å². The Morgan fingerprint density at radius 3 is 2.51 bits per heavy atom. The monoisotopic (exact) mass is 600 g/mol. The number of nitrogen functional groups attached to an aromatic ring is 1. The minimum absolute atomic E-state index is 0.0212. The van der Waals surface area contributed by atoms with Crippen molar-refractivity contribution in [1.82, 2.24) is 39.2 Å². The summed E-state index contributed by atoms with van der Waals surface area (Å²) in [6.07, 6.45) is 4.67. The number of Topliss-reactive ketones (excluding diaryl/α,β-unsaturated/α-hetero) is 1. The Kier molecular flexibility index (Phi) is 7.41. The molecule has 5 N–H and O–H groups in total. The van der Waals surface area contributed by atoms with E-state index in [1.165, 1.54) is 20.0 Å². The van der Waals surface area contributed by atoms with Crippen LogP contribution in [-0.4, -0.2) is 51.7 Å². The standard InChI is InChI=1S/C32H28N10O3/c1-18(33)27(43)26-21(17-36-40(26)3)14-13-20-9-7-12-23-24(20)32(45)42(22-10-5-4-6-11-22)29(38-23)19(2)37-31(44)25-28(34)39-41-16-8-15-35-30(25)41/h4-12,15-19H,33H2,1-3H3,(H2,34,39)(H,37,44). The molecular weight excluding hydrogens is 572 g/mol. The lowest BCUT2D eigenvalue weighted by Gasteiger charge is -2.20. The largest absolute Gasteiger partial charge is 0.381 e. The lowest BCUT2D eigenvalue weighted by Crippen LogP contribution is -2.33. The number of aryl methyl sites for hydroxylation is 1. The Balaban J connectivity index is 1.47. The summed E-state index contributed by atoms with van der Waals surface area (Å²) < 4.78 is 4.30. The van der Waals surface area contributed by atoms with Crippen LogP contribution in [-0.2, 0) is 7.05 Å². The van der Waals surface area contributed by atoms with Crippen LogP contribution in [0, 0.1) is 11.8 Å². The summed E-state index contributed by atoms with van der Waals surface area (Å²) in [5.74, 6) is 5.53. The molecule has 2 aromatic carbocycles. The highest BCUT2D eigenvalue weighted by Crippen LogP contribution is 2.22. The lowest BCUT2D eigenvalue weighted by molar-refractivity contribution is 0.0937. The van der Waals surface area contributed by atoms with Crippen LogP contribution in [0.3, 0.4) is 0 Å². The molecule has 2 atom stereocenters. The van der Waals surface area contributed by atoms with E-state index in [1.54, 1.807) is 81.8 Å². The molecule has 4 heterocycles. The van der Waals surface area contributed by atoms with Gasteiger partial charge < -0.3 is 16.8 Å². The molecule has 0 saturated carbocycles. The van der Waals surface area contributed by atoms with Crippen LogP contribution in [0.5, 0.6) is 0 Å². The van der Waals surface area contributed by atoms with Crippen LogP contribution in [0.25, 0.3) is 22.2 Å². The number of carbonyl (C=O) groups excluding carboxylic acids is 2. The summed E-state index contributed by atoms with van der Waals surface area (Å²) in [5, 5.41) is 11.5. The molecule has 0 aliphatic heterocycles. The Labute approximate surface area is 256 Å². The first-order valence-corrected chi connectivity index (χ1v) is 14.0. The van der Waals surface area contributed by atoms with Gasteiger partial charge in [-0.05, 0) is 44.2 Å². The number of para-hydroxylation sites is 1. The molecule has 4 aromatic heterocycles. The molecule has 0 aliphatic rings. The van der Waals surface area contributed by atoms with Crippen molar-refractivity contribution in [3.05, 3.63) is 112 Å². The van der Waals surface area contributed by atoms with Gasteiger partial charge in [0.1, 0.15) is 17.1 Å². The fraction of sp³-hybridized carbons (Fsp3) is 0.156. The number of benzene rings is 2. The normalized spacial score (nSPS) is 12.4. The fourth-order valence-electron chi connectivity index (χ4n) is 5.10. The van der Waals surface area contributed by atoms with E-state index >= 15 is 0 Å². The minimum atomic E-state index is -0.746. The number of fused-ring (bicyclic) bond motifs is 2. The van der Waals surface area contributed by atoms with Gasteiger partial charge in [-0.15, -0.1) is 5.10 Å². The average Bonchev–Trinajstić information content (AvgIpc) is 3.57. The predicted molar refractivity (Wildman–Crippen MR) is 168 cm³/mol. The summed E-state index contributed by atoms with van der Waals surface area (Å²) in [7, 11) is 1.64. The van der Waals surface area contributed by atoms with Gasteiger partial charge in [0.2, 0.25) is 0 Å². The number of nitrogens with two attached hydrogens (primary N) is 2. The molecule has 0 spiro atoms. The van der Waals surface area contributed by atoms with E-state index < -0.39 is 18.0 Å². The van der Waals surface area contributed by atoms with E-state index in [-0.39, 0.29) is 39.6 Å². The van der Waals surface area contributed by atoms with Crippen LogP contribution in [0.2, 0.25) is 0 Å². The molecule has 6 aromatic rings. The first-order valence-electron chi connectivity index (χ1n) is 14.0. The Bertz CT molecular complexity index is 2240. The van der Waals surface area contributed by atoms with Crippen molar-refractivity contribution in [3.63, 3.8) is 0 Å². The van der Waals surface area contributed by atoms with Crippen molar-refractivity contribution in [2.75, 3.05) is 5.73 Å². The van der Waals surface area contributed by atoms with Crippen molar-refractivity contribution in [1.29, 1.82) is 0 Å². The number of anilines is 1. The summed E-state index contributed by atoms with van der Waals surface area (Å²) in [6.45, 7) is 3.32. The number of hydrogen-bond acceptors (Lipinski definition) is 9. The Hall–Kier alpha value is -6.13. The number of ketones is 1. The summed E-state index contributed by atoms with van der Waals surface area (Å²) in [6, 6.07) is 14.3. The van der Waals surface area contributed by atoms with E-state index in [9.17, 15) is 14.4 Å². The maximum absolute atomic E-state index is 14.3. The molecular formula is C32H28N10O3. The van der Waals surface area contributed by atoms with Gasteiger partial charge in [0.25, 0.3) is 11.5 Å². The molecule has 0 saturated heterocycles. The molecule has 0 aliphatic carbocycles. The van der Waals surface area contributed by atoms with Crippen molar-refractivity contribution in [2.45, 2.75) is 25.9 Å². The van der Waals surface area contributed by atoms with Crippen LogP contribution in [0.1, 0.15) is 57.7 Å². The second-order valence-electron chi connectivity index (χ2n) is 10.4. The van der Waals surface area contributed by atoms with Crippen molar-refractivity contribution >= 4 is 34.1 Å². The van der Waals surface area contributed by atoms with E-state index in [1.807, 2.05) is 6.07 Å². The number of hydrogen-bond donors (Lipinski definition) is 3. The fourth-order valence-corrected chi connectivity index (χ4v) is 5.10. The number of nitrogens with zero attached hydrogens (tertiary/aromatic N) is 7.